The normalized spacial score (nSPS) is 13.8. The molecular weight excluding hydrogens is 247 g/mol. The van der Waals surface area contributed by atoms with Gasteiger partial charge in [0.25, 0.3) is 0 Å². The fourth-order valence-corrected chi connectivity index (χ4v) is 1.46. The summed E-state index contributed by atoms with van der Waals surface area (Å²) in [4.78, 5) is 0. The lowest BCUT2D eigenvalue weighted by atomic mass is 10.3. The molecule has 1 unspecified atom stereocenters. The van der Waals surface area contributed by atoms with Crippen LogP contribution in [-0.4, -0.2) is 41.8 Å². The highest BCUT2D eigenvalue weighted by Gasteiger charge is 2.27. The highest BCUT2D eigenvalue weighted by molar-refractivity contribution is 4.78. The molecule has 7 heteroatoms. The Morgan fingerprint density at radius 1 is 1.44 bits per heavy atom. The van der Waals surface area contributed by atoms with Gasteiger partial charge in [0.15, 0.2) is 0 Å². The molecule has 4 nitrogen and oxygen atoms in total. The van der Waals surface area contributed by atoms with Crippen LogP contribution in [0.25, 0.3) is 0 Å². The topological polar surface area (TPSA) is 39.1 Å². The van der Waals surface area contributed by atoms with Crippen molar-refractivity contribution in [3.63, 3.8) is 0 Å². The summed E-state index contributed by atoms with van der Waals surface area (Å²) < 4.78 is 41.6. The third-order valence-corrected chi connectivity index (χ3v) is 2.24. The Balaban J connectivity index is 1.97. The molecule has 0 spiro atoms. The van der Waals surface area contributed by atoms with E-state index in [1.54, 1.807) is 10.9 Å². The highest BCUT2D eigenvalue weighted by Crippen LogP contribution is 2.14. The molecule has 1 atom stereocenters. The van der Waals surface area contributed by atoms with Gasteiger partial charge >= 0.3 is 6.18 Å². The Labute approximate surface area is 104 Å². The highest BCUT2D eigenvalue weighted by atomic mass is 19.4. The van der Waals surface area contributed by atoms with Crippen LogP contribution in [0.4, 0.5) is 13.2 Å². The van der Waals surface area contributed by atoms with Gasteiger partial charge in [-0.2, -0.15) is 18.3 Å². The van der Waals surface area contributed by atoms with Crippen LogP contribution in [0.2, 0.25) is 0 Å². The third kappa shape index (κ3) is 7.29. The van der Waals surface area contributed by atoms with E-state index in [-0.39, 0.29) is 12.6 Å². The fraction of sp³-hybridized carbons (Fsp3) is 0.727. The maximum absolute atomic E-state index is 11.8. The maximum Gasteiger partial charge on any atom is 0.411 e. The molecule has 0 amide bonds. The lowest BCUT2D eigenvalue weighted by Crippen LogP contribution is -2.32. The second-order valence-corrected chi connectivity index (χ2v) is 4.10. The molecule has 18 heavy (non-hydrogen) atoms. The largest absolute Gasteiger partial charge is 0.411 e. The number of nitrogens with one attached hydrogen (secondary N) is 1. The van der Waals surface area contributed by atoms with Crippen LogP contribution >= 0.6 is 0 Å². The molecule has 0 saturated heterocycles. The van der Waals surface area contributed by atoms with Crippen LogP contribution in [0.15, 0.2) is 18.5 Å². The molecule has 1 N–H and O–H groups in total. The summed E-state index contributed by atoms with van der Waals surface area (Å²) in [7, 11) is 0. The first-order valence-electron chi connectivity index (χ1n) is 5.82. The Bertz CT molecular complexity index is 314. The van der Waals surface area contributed by atoms with Gasteiger partial charge in [-0.3, -0.25) is 4.68 Å². The molecule has 0 radical (unpaired) electrons. The van der Waals surface area contributed by atoms with Gasteiger partial charge in [-0.25, -0.2) is 0 Å². The number of halogens is 3. The van der Waals surface area contributed by atoms with E-state index in [0.717, 1.165) is 6.54 Å². The number of nitrogens with zero attached hydrogens (tertiary/aromatic N) is 2. The zero-order chi connectivity index (χ0) is 13.4. The Kier molecular flexibility index (Phi) is 6.14. The summed E-state index contributed by atoms with van der Waals surface area (Å²) in [6.07, 6.45) is -0.108. The molecule has 104 valence electrons. The fourth-order valence-electron chi connectivity index (χ4n) is 1.46. The molecule has 0 bridgehead atoms. The van der Waals surface area contributed by atoms with Crippen LogP contribution in [-0.2, 0) is 11.3 Å². The number of hydrogen-bond donors (Lipinski definition) is 1. The quantitative estimate of drug-likeness (QED) is 0.729. The Morgan fingerprint density at radius 2 is 2.22 bits per heavy atom. The van der Waals surface area contributed by atoms with Gasteiger partial charge in [-0.15, -0.1) is 0 Å². The first kappa shape index (κ1) is 15.0. The summed E-state index contributed by atoms with van der Waals surface area (Å²) in [6, 6.07) is 2.06. The van der Waals surface area contributed by atoms with Crippen LogP contribution in [0, 0.1) is 0 Å². The Hall–Kier alpha value is -1.08. The molecule has 0 fully saturated rings. The van der Waals surface area contributed by atoms with Crippen LogP contribution in [0.1, 0.15) is 13.3 Å². The van der Waals surface area contributed by atoms with E-state index in [2.05, 4.69) is 15.2 Å². The van der Waals surface area contributed by atoms with Gasteiger partial charge in [0.1, 0.15) is 6.61 Å². The van der Waals surface area contributed by atoms with Crippen molar-refractivity contribution in [1.82, 2.24) is 15.1 Å². The van der Waals surface area contributed by atoms with Crippen molar-refractivity contribution in [3.8, 4) is 0 Å². The first-order chi connectivity index (χ1) is 8.47. The van der Waals surface area contributed by atoms with Crippen molar-refractivity contribution >= 4 is 0 Å². The minimum atomic E-state index is -4.24. The lowest BCUT2D eigenvalue weighted by molar-refractivity contribution is -0.173. The zero-order valence-corrected chi connectivity index (χ0v) is 10.3. The van der Waals surface area contributed by atoms with Crippen LogP contribution in [0.3, 0.4) is 0 Å². The van der Waals surface area contributed by atoms with Crippen molar-refractivity contribution in [1.29, 1.82) is 0 Å². The van der Waals surface area contributed by atoms with Crippen molar-refractivity contribution in [2.24, 2.45) is 0 Å². The van der Waals surface area contributed by atoms with E-state index in [4.69, 9.17) is 0 Å². The number of ether oxygens (including phenoxy) is 1. The van der Waals surface area contributed by atoms with E-state index < -0.39 is 12.8 Å². The smallest absolute Gasteiger partial charge is 0.372 e. The lowest BCUT2D eigenvalue weighted by Gasteiger charge is -2.14. The van der Waals surface area contributed by atoms with E-state index in [1.807, 2.05) is 19.2 Å². The monoisotopic (exact) mass is 265 g/mol. The minimum Gasteiger partial charge on any atom is -0.372 e. The molecule has 1 aromatic rings. The number of aromatic nitrogens is 2. The zero-order valence-electron chi connectivity index (χ0n) is 10.3. The van der Waals surface area contributed by atoms with Gasteiger partial charge in [0.05, 0.1) is 6.54 Å². The van der Waals surface area contributed by atoms with E-state index in [0.29, 0.717) is 13.0 Å². The average molecular weight is 265 g/mol. The van der Waals surface area contributed by atoms with Gasteiger partial charge in [0.2, 0.25) is 0 Å². The van der Waals surface area contributed by atoms with E-state index >= 15 is 0 Å². The Morgan fingerprint density at radius 3 is 2.83 bits per heavy atom. The molecule has 1 rings (SSSR count). The molecule has 0 aromatic carbocycles. The van der Waals surface area contributed by atoms with Crippen molar-refractivity contribution < 1.29 is 17.9 Å². The number of hydrogen-bond acceptors (Lipinski definition) is 3. The molecular formula is C11H18F3N3O. The predicted molar refractivity (Wildman–Crippen MR) is 61.2 cm³/mol. The van der Waals surface area contributed by atoms with Crippen LogP contribution < -0.4 is 5.32 Å². The molecule has 0 aliphatic heterocycles. The second kappa shape index (κ2) is 7.38. The van der Waals surface area contributed by atoms with Crippen molar-refractivity contribution in [3.05, 3.63) is 18.5 Å². The molecule has 0 aliphatic carbocycles. The summed E-state index contributed by atoms with van der Waals surface area (Å²) in [5.74, 6) is 0. The molecule has 1 heterocycles. The van der Waals surface area contributed by atoms with Gasteiger partial charge in [0, 0.05) is 25.0 Å². The van der Waals surface area contributed by atoms with E-state index in [1.165, 1.54) is 0 Å². The SMILES string of the molecule is CC(Cn1cccn1)NCCCOCC(F)(F)F. The maximum atomic E-state index is 11.8. The minimum absolute atomic E-state index is 0.112. The van der Waals surface area contributed by atoms with Crippen molar-refractivity contribution in [2.75, 3.05) is 19.8 Å². The first-order valence-corrected chi connectivity index (χ1v) is 5.82. The summed E-state index contributed by atoms with van der Waals surface area (Å²) in [5.41, 5.74) is 0. The number of alkyl halides is 3. The van der Waals surface area contributed by atoms with Crippen molar-refractivity contribution in [2.45, 2.75) is 32.1 Å². The summed E-state index contributed by atoms with van der Waals surface area (Å²) in [6.45, 7) is 2.30. The standard InChI is InChI=1S/C11H18F3N3O/c1-10(8-17-6-2-5-16-17)15-4-3-7-18-9-11(12,13)14/h2,5-6,10,15H,3-4,7-9H2,1H3. The predicted octanol–water partition coefficient (Wildman–Crippen LogP) is 1.83. The molecule has 1 aromatic heterocycles. The summed E-state index contributed by atoms with van der Waals surface area (Å²) in [5, 5.41) is 7.26. The summed E-state index contributed by atoms with van der Waals surface area (Å²) >= 11 is 0. The molecule has 0 saturated carbocycles. The van der Waals surface area contributed by atoms with Gasteiger partial charge in [-0.05, 0) is 26.0 Å². The van der Waals surface area contributed by atoms with Gasteiger partial charge in [-0.1, -0.05) is 0 Å². The van der Waals surface area contributed by atoms with E-state index in [9.17, 15) is 13.2 Å². The number of rotatable bonds is 8. The third-order valence-electron chi connectivity index (χ3n) is 2.24. The van der Waals surface area contributed by atoms with Crippen LogP contribution in [0.5, 0.6) is 0 Å². The second-order valence-electron chi connectivity index (χ2n) is 4.10. The molecule has 0 aliphatic rings. The van der Waals surface area contributed by atoms with Gasteiger partial charge < -0.3 is 10.1 Å². The average Bonchev–Trinajstić information content (AvgIpc) is 2.74.